The van der Waals surface area contributed by atoms with E-state index in [0.717, 1.165) is 26.0 Å². The summed E-state index contributed by atoms with van der Waals surface area (Å²) in [5.74, 6) is 0. The summed E-state index contributed by atoms with van der Waals surface area (Å²) in [5, 5.41) is 9.31. The van der Waals surface area contributed by atoms with Crippen LogP contribution in [0.5, 0.6) is 0 Å². The van der Waals surface area contributed by atoms with Crippen LogP contribution in [0.3, 0.4) is 0 Å². The van der Waals surface area contributed by atoms with E-state index in [1.807, 2.05) is 0 Å². The van der Waals surface area contributed by atoms with Gasteiger partial charge in [0.1, 0.15) is 0 Å². The molecule has 15 heavy (non-hydrogen) atoms. The van der Waals surface area contributed by atoms with E-state index in [2.05, 4.69) is 4.90 Å². The lowest BCUT2D eigenvalue weighted by atomic mass is 9.89. The summed E-state index contributed by atoms with van der Waals surface area (Å²) in [6, 6.07) is 1.11. The first-order valence-electron chi connectivity index (χ1n) is 6.01. The largest absolute Gasteiger partial charge is 0.395 e. The number of hydrogen-bond acceptors (Lipinski definition) is 4. The Labute approximate surface area is 91.4 Å². The lowest BCUT2D eigenvalue weighted by Crippen LogP contribution is -2.54. The normalized spacial score (nSPS) is 39.2. The van der Waals surface area contributed by atoms with Crippen LogP contribution in [0.15, 0.2) is 0 Å². The molecule has 1 aliphatic carbocycles. The summed E-state index contributed by atoms with van der Waals surface area (Å²) in [5.41, 5.74) is 6.00. The zero-order valence-corrected chi connectivity index (χ0v) is 9.27. The van der Waals surface area contributed by atoms with Gasteiger partial charge in [0, 0.05) is 18.6 Å². The maximum Gasteiger partial charge on any atom is 0.0644 e. The molecule has 0 spiro atoms. The predicted molar refractivity (Wildman–Crippen MR) is 58.6 cm³/mol. The van der Waals surface area contributed by atoms with Gasteiger partial charge in [0.2, 0.25) is 0 Å². The molecule has 4 nitrogen and oxygen atoms in total. The Balaban J connectivity index is 1.94. The lowest BCUT2D eigenvalue weighted by molar-refractivity contribution is -0.0544. The third kappa shape index (κ3) is 2.69. The minimum absolute atomic E-state index is 0.189. The van der Waals surface area contributed by atoms with Crippen LogP contribution in [-0.4, -0.2) is 54.5 Å². The third-order valence-electron chi connectivity index (χ3n) is 3.64. The summed E-state index contributed by atoms with van der Waals surface area (Å²) in [6.07, 6.45) is 4.69. The molecule has 0 aromatic heterocycles. The van der Waals surface area contributed by atoms with Crippen molar-refractivity contribution in [2.45, 2.75) is 43.8 Å². The fourth-order valence-corrected chi connectivity index (χ4v) is 2.81. The number of ether oxygens (including phenoxy) is 1. The minimum Gasteiger partial charge on any atom is -0.395 e. The Morgan fingerprint density at radius 2 is 2.27 bits per heavy atom. The first-order valence-corrected chi connectivity index (χ1v) is 6.01. The van der Waals surface area contributed by atoms with Crippen LogP contribution in [0.25, 0.3) is 0 Å². The van der Waals surface area contributed by atoms with Crippen molar-refractivity contribution in [1.82, 2.24) is 4.90 Å². The van der Waals surface area contributed by atoms with Crippen molar-refractivity contribution in [3.63, 3.8) is 0 Å². The van der Waals surface area contributed by atoms with Gasteiger partial charge in [-0.15, -0.1) is 0 Å². The van der Waals surface area contributed by atoms with Crippen molar-refractivity contribution in [3.8, 4) is 0 Å². The standard InChI is InChI=1S/C11H22N2O2/c12-9-2-1-3-10(6-9)13-4-5-15-8-11(13)7-14/h9-11,14H,1-8,12H2. The average Bonchev–Trinajstić information content (AvgIpc) is 2.29. The number of morpholine rings is 1. The molecule has 0 aromatic rings. The molecule has 0 amide bonds. The van der Waals surface area contributed by atoms with Crippen molar-refractivity contribution >= 4 is 0 Å². The molecule has 0 radical (unpaired) electrons. The summed E-state index contributed by atoms with van der Waals surface area (Å²) in [6.45, 7) is 2.61. The Morgan fingerprint density at radius 3 is 3.00 bits per heavy atom. The van der Waals surface area contributed by atoms with E-state index in [1.54, 1.807) is 0 Å². The molecule has 4 heteroatoms. The molecular weight excluding hydrogens is 192 g/mol. The fraction of sp³-hybridized carbons (Fsp3) is 1.00. The van der Waals surface area contributed by atoms with Crippen LogP contribution < -0.4 is 5.73 Å². The van der Waals surface area contributed by atoms with Gasteiger partial charge in [0.15, 0.2) is 0 Å². The van der Waals surface area contributed by atoms with Crippen molar-refractivity contribution < 1.29 is 9.84 Å². The zero-order chi connectivity index (χ0) is 10.7. The Bertz CT molecular complexity index is 201. The molecule has 2 fully saturated rings. The Hall–Kier alpha value is -0.160. The van der Waals surface area contributed by atoms with Crippen molar-refractivity contribution in [3.05, 3.63) is 0 Å². The zero-order valence-electron chi connectivity index (χ0n) is 9.27. The highest BCUT2D eigenvalue weighted by molar-refractivity contribution is 4.87. The van der Waals surface area contributed by atoms with Crippen molar-refractivity contribution in [2.75, 3.05) is 26.4 Å². The van der Waals surface area contributed by atoms with Crippen LogP contribution >= 0.6 is 0 Å². The molecule has 3 N–H and O–H groups in total. The highest BCUT2D eigenvalue weighted by Gasteiger charge is 2.31. The molecule has 1 saturated heterocycles. The van der Waals surface area contributed by atoms with Gasteiger partial charge in [-0.3, -0.25) is 4.90 Å². The number of nitrogens with zero attached hydrogens (tertiary/aromatic N) is 1. The van der Waals surface area contributed by atoms with E-state index >= 15 is 0 Å². The van der Waals surface area contributed by atoms with Crippen LogP contribution in [0.4, 0.5) is 0 Å². The third-order valence-corrected chi connectivity index (χ3v) is 3.64. The van der Waals surface area contributed by atoms with E-state index in [-0.39, 0.29) is 12.6 Å². The number of rotatable bonds is 2. The predicted octanol–water partition coefficient (Wildman–Crippen LogP) is -0.0506. The molecule has 3 atom stereocenters. The second kappa shape index (κ2) is 5.25. The van der Waals surface area contributed by atoms with E-state index in [0.29, 0.717) is 18.7 Å². The highest BCUT2D eigenvalue weighted by Crippen LogP contribution is 2.24. The highest BCUT2D eigenvalue weighted by atomic mass is 16.5. The molecular formula is C11H22N2O2. The van der Waals surface area contributed by atoms with Gasteiger partial charge in [-0.05, 0) is 19.3 Å². The van der Waals surface area contributed by atoms with Crippen molar-refractivity contribution in [2.24, 2.45) is 5.73 Å². The van der Waals surface area contributed by atoms with Crippen LogP contribution in [0.2, 0.25) is 0 Å². The smallest absolute Gasteiger partial charge is 0.0644 e. The molecule has 0 bridgehead atoms. The van der Waals surface area contributed by atoms with Crippen LogP contribution in [-0.2, 0) is 4.74 Å². The van der Waals surface area contributed by atoms with E-state index < -0.39 is 0 Å². The monoisotopic (exact) mass is 214 g/mol. The van der Waals surface area contributed by atoms with Gasteiger partial charge in [0.05, 0.1) is 25.9 Å². The molecule has 3 unspecified atom stereocenters. The second-order valence-electron chi connectivity index (χ2n) is 4.73. The molecule has 2 rings (SSSR count). The van der Waals surface area contributed by atoms with Crippen LogP contribution in [0, 0.1) is 0 Å². The van der Waals surface area contributed by atoms with Gasteiger partial charge in [-0.25, -0.2) is 0 Å². The van der Waals surface area contributed by atoms with Crippen molar-refractivity contribution in [1.29, 1.82) is 0 Å². The molecule has 0 aromatic carbocycles. The molecule has 88 valence electrons. The lowest BCUT2D eigenvalue weighted by Gasteiger charge is -2.43. The van der Waals surface area contributed by atoms with E-state index in [9.17, 15) is 5.11 Å². The van der Waals surface area contributed by atoms with E-state index in [1.165, 1.54) is 12.8 Å². The Morgan fingerprint density at radius 1 is 1.40 bits per heavy atom. The molecule has 1 saturated carbocycles. The number of hydrogen-bond donors (Lipinski definition) is 2. The maximum absolute atomic E-state index is 9.31. The van der Waals surface area contributed by atoms with Crippen LogP contribution in [0.1, 0.15) is 25.7 Å². The Kier molecular flexibility index (Phi) is 3.97. The number of nitrogens with two attached hydrogens (primary N) is 1. The van der Waals surface area contributed by atoms with Gasteiger partial charge < -0.3 is 15.6 Å². The molecule has 1 heterocycles. The van der Waals surface area contributed by atoms with Gasteiger partial charge in [0.25, 0.3) is 0 Å². The number of aliphatic hydroxyl groups excluding tert-OH is 1. The van der Waals surface area contributed by atoms with Gasteiger partial charge in [-0.2, -0.15) is 0 Å². The SMILES string of the molecule is NC1CCCC(N2CCOCC2CO)C1. The number of aliphatic hydroxyl groups is 1. The summed E-state index contributed by atoms with van der Waals surface area (Å²) < 4.78 is 5.39. The fourth-order valence-electron chi connectivity index (χ4n) is 2.81. The first kappa shape index (κ1) is 11.3. The van der Waals surface area contributed by atoms with Gasteiger partial charge >= 0.3 is 0 Å². The average molecular weight is 214 g/mol. The summed E-state index contributed by atoms with van der Waals surface area (Å²) in [4.78, 5) is 2.41. The van der Waals surface area contributed by atoms with E-state index in [4.69, 9.17) is 10.5 Å². The topological polar surface area (TPSA) is 58.7 Å². The quantitative estimate of drug-likeness (QED) is 0.676. The second-order valence-corrected chi connectivity index (χ2v) is 4.73. The first-order chi connectivity index (χ1) is 7.31. The summed E-state index contributed by atoms with van der Waals surface area (Å²) in [7, 11) is 0. The van der Waals surface area contributed by atoms with Gasteiger partial charge in [-0.1, -0.05) is 6.42 Å². The molecule has 1 aliphatic heterocycles. The maximum atomic E-state index is 9.31. The summed E-state index contributed by atoms with van der Waals surface area (Å²) >= 11 is 0. The molecule has 2 aliphatic rings. The minimum atomic E-state index is 0.189.